The van der Waals surface area contributed by atoms with Gasteiger partial charge in [-0.05, 0) is 50.4 Å². The highest BCUT2D eigenvalue weighted by atomic mass is 19.1. The van der Waals surface area contributed by atoms with Gasteiger partial charge in [-0.3, -0.25) is 0 Å². The van der Waals surface area contributed by atoms with Crippen LogP contribution in [0.2, 0.25) is 0 Å². The first-order valence-corrected chi connectivity index (χ1v) is 5.78. The average Bonchev–Trinajstić information content (AvgIpc) is 2.25. The lowest BCUT2D eigenvalue weighted by Gasteiger charge is -2.04. The van der Waals surface area contributed by atoms with E-state index in [-0.39, 0.29) is 5.82 Å². The van der Waals surface area contributed by atoms with E-state index in [9.17, 15) is 4.39 Å². The van der Waals surface area contributed by atoms with Gasteiger partial charge in [-0.25, -0.2) is 4.39 Å². The summed E-state index contributed by atoms with van der Waals surface area (Å²) in [5.74, 6) is -0.0704. The maximum atomic E-state index is 13.2. The molecule has 1 aromatic rings. The molecule has 0 saturated heterocycles. The van der Waals surface area contributed by atoms with Crippen molar-refractivity contribution in [3.05, 3.63) is 35.6 Å². The normalized spacial score (nSPS) is 10.5. The Morgan fingerprint density at radius 1 is 1.13 bits per heavy atom. The van der Waals surface area contributed by atoms with E-state index in [1.807, 2.05) is 12.1 Å². The largest absolute Gasteiger partial charge is 0.317 e. The van der Waals surface area contributed by atoms with Gasteiger partial charge in [0.25, 0.3) is 0 Å². The third kappa shape index (κ3) is 4.93. The van der Waals surface area contributed by atoms with E-state index in [2.05, 4.69) is 12.2 Å². The summed E-state index contributed by atoms with van der Waals surface area (Å²) < 4.78 is 13.2. The van der Waals surface area contributed by atoms with Crippen LogP contribution in [0.5, 0.6) is 0 Å². The van der Waals surface area contributed by atoms with Gasteiger partial charge in [0, 0.05) is 0 Å². The van der Waals surface area contributed by atoms with Crippen molar-refractivity contribution in [1.29, 1.82) is 0 Å². The van der Waals surface area contributed by atoms with Gasteiger partial charge < -0.3 is 5.32 Å². The Labute approximate surface area is 91.7 Å². The Morgan fingerprint density at radius 3 is 2.67 bits per heavy atom. The molecule has 1 rings (SSSR count). The maximum absolute atomic E-state index is 13.2. The molecule has 0 bridgehead atoms. The van der Waals surface area contributed by atoms with Crippen LogP contribution in [0, 0.1) is 5.82 Å². The molecule has 0 spiro atoms. The zero-order valence-electron chi connectivity index (χ0n) is 9.43. The lowest BCUT2D eigenvalue weighted by molar-refractivity contribution is 0.585. The molecule has 0 heterocycles. The van der Waals surface area contributed by atoms with E-state index in [4.69, 9.17) is 0 Å². The second kappa shape index (κ2) is 7.41. The molecule has 0 aliphatic rings. The molecule has 1 nitrogen and oxygen atoms in total. The molecule has 0 saturated carbocycles. The Kier molecular flexibility index (Phi) is 6.02. The molecule has 0 atom stereocenters. The summed E-state index contributed by atoms with van der Waals surface area (Å²) in [5.41, 5.74) is 0.841. The molecule has 1 N–H and O–H groups in total. The van der Waals surface area contributed by atoms with Crippen LogP contribution in [0.4, 0.5) is 4.39 Å². The fraction of sp³-hybridized carbons (Fsp3) is 0.538. The molecule has 84 valence electrons. The van der Waals surface area contributed by atoms with Gasteiger partial charge in [0.05, 0.1) is 0 Å². The third-order valence-corrected chi connectivity index (χ3v) is 2.43. The van der Waals surface area contributed by atoms with E-state index < -0.39 is 0 Å². The van der Waals surface area contributed by atoms with E-state index in [1.165, 1.54) is 12.5 Å². The smallest absolute Gasteiger partial charge is 0.126 e. The highest BCUT2D eigenvalue weighted by Gasteiger charge is 1.99. The first-order chi connectivity index (χ1) is 7.34. The van der Waals surface area contributed by atoms with Crippen LogP contribution in [0.3, 0.4) is 0 Å². The van der Waals surface area contributed by atoms with Crippen molar-refractivity contribution < 1.29 is 4.39 Å². The summed E-state index contributed by atoms with van der Waals surface area (Å²) in [6.45, 7) is 4.29. The summed E-state index contributed by atoms with van der Waals surface area (Å²) in [5, 5.41) is 3.34. The highest BCUT2D eigenvalue weighted by molar-refractivity contribution is 5.17. The molecule has 0 fully saturated rings. The zero-order valence-corrected chi connectivity index (χ0v) is 9.43. The van der Waals surface area contributed by atoms with Crippen molar-refractivity contribution in [3.63, 3.8) is 0 Å². The minimum atomic E-state index is -0.0704. The second-order valence-corrected chi connectivity index (χ2v) is 3.80. The standard InChI is InChI=1S/C13H20FN/c1-2-10-15-11-6-5-8-12-7-3-4-9-13(12)14/h3-4,7,9,15H,2,5-6,8,10-11H2,1H3. The van der Waals surface area contributed by atoms with Gasteiger partial charge in [0.15, 0.2) is 0 Å². The average molecular weight is 209 g/mol. The van der Waals surface area contributed by atoms with Crippen molar-refractivity contribution in [2.45, 2.75) is 32.6 Å². The van der Waals surface area contributed by atoms with Crippen molar-refractivity contribution in [2.75, 3.05) is 13.1 Å². The van der Waals surface area contributed by atoms with Crippen LogP contribution in [0.25, 0.3) is 0 Å². The second-order valence-electron chi connectivity index (χ2n) is 3.80. The number of benzene rings is 1. The van der Waals surface area contributed by atoms with E-state index >= 15 is 0 Å². The Morgan fingerprint density at radius 2 is 1.93 bits per heavy atom. The number of hydrogen-bond acceptors (Lipinski definition) is 1. The molecule has 2 heteroatoms. The Balaban J connectivity index is 2.12. The summed E-state index contributed by atoms with van der Waals surface area (Å²) in [6.07, 6.45) is 4.19. The van der Waals surface area contributed by atoms with E-state index in [0.717, 1.165) is 37.9 Å². The van der Waals surface area contributed by atoms with Crippen molar-refractivity contribution in [2.24, 2.45) is 0 Å². The van der Waals surface area contributed by atoms with Gasteiger partial charge >= 0.3 is 0 Å². The fourth-order valence-electron chi connectivity index (χ4n) is 1.57. The summed E-state index contributed by atoms with van der Waals surface area (Å²) in [7, 11) is 0. The predicted octanol–water partition coefficient (Wildman–Crippen LogP) is 3.15. The zero-order chi connectivity index (χ0) is 10.9. The van der Waals surface area contributed by atoms with Gasteiger partial charge in [0.1, 0.15) is 5.82 Å². The van der Waals surface area contributed by atoms with Crippen LogP contribution < -0.4 is 5.32 Å². The molecule has 0 aliphatic carbocycles. The van der Waals surface area contributed by atoms with Crippen molar-refractivity contribution in [1.82, 2.24) is 5.32 Å². The molecular weight excluding hydrogens is 189 g/mol. The van der Waals surface area contributed by atoms with Crippen molar-refractivity contribution in [3.8, 4) is 0 Å². The highest BCUT2D eigenvalue weighted by Crippen LogP contribution is 2.09. The van der Waals surface area contributed by atoms with Gasteiger partial charge in [-0.1, -0.05) is 25.1 Å². The molecule has 1 aromatic carbocycles. The molecule has 0 aromatic heterocycles. The summed E-state index contributed by atoms with van der Waals surface area (Å²) >= 11 is 0. The minimum Gasteiger partial charge on any atom is -0.317 e. The van der Waals surface area contributed by atoms with Crippen LogP contribution >= 0.6 is 0 Å². The topological polar surface area (TPSA) is 12.0 Å². The van der Waals surface area contributed by atoms with Crippen LogP contribution in [-0.2, 0) is 6.42 Å². The number of hydrogen-bond donors (Lipinski definition) is 1. The lowest BCUT2D eigenvalue weighted by atomic mass is 10.1. The van der Waals surface area contributed by atoms with Crippen molar-refractivity contribution >= 4 is 0 Å². The monoisotopic (exact) mass is 209 g/mol. The molecule has 0 unspecified atom stereocenters. The number of unbranched alkanes of at least 4 members (excludes halogenated alkanes) is 1. The minimum absolute atomic E-state index is 0.0704. The number of halogens is 1. The first kappa shape index (κ1) is 12.2. The van der Waals surface area contributed by atoms with Crippen LogP contribution in [0.1, 0.15) is 31.7 Å². The summed E-state index contributed by atoms with van der Waals surface area (Å²) in [4.78, 5) is 0. The number of rotatable bonds is 7. The third-order valence-electron chi connectivity index (χ3n) is 2.43. The number of aryl methyl sites for hydroxylation is 1. The lowest BCUT2D eigenvalue weighted by Crippen LogP contribution is -2.15. The van der Waals surface area contributed by atoms with Gasteiger partial charge in [0.2, 0.25) is 0 Å². The molecule has 0 radical (unpaired) electrons. The fourth-order valence-corrected chi connectivity index (χ4v) is 1.57. The maximum Gasteiger partial charge on any atom is 0.126 e. The Hall–Kier alpha value is -0.890. The molecule has 0 aliphatic heterocycles. The quantitative estimate of drug-likeness (QED) is 0.680. The first-order valence-electron chi connectivity index (χ1n) is 5.78. The number of nitrogens with one attached hydrogen (secondary N) is 1. The van der Waals surface area contributed by atoms with Crippen LogP contribution in [0.15, 0.2) is 24.3 Å². The summed E-state index contributed by atoms with van der Waals surface area (Å²) in [6, 6.07) is 7.04. The van der Waals surface area contributed by atoms with E-state index in [0.29, 0.717) is 0 Å². The Bertz CT molecular complexity index is 273. The molecule has 15 heavy (non-hydrogen) atoms. The van der Waals surface area contributed by atoms with E-state index in [1.54, 1.807) is 6.07 Å². The van der Waals surface area contributed by atoms with Gasteiger partial charge in [-0.2, -0.15) is 0 Å². The molecular formula is C13H20FN. The SMILES string of the molecule is CCCNCCCCc1ccccc1F. The molecule has 0 amide bonds. The predicted molar refractivity (Wildman–Crippen MR) is 62.5 cm³/mol. The van der Waals surface area contributed by atoms with Crippen LogP contribution in [-0.4, -0.2) is 13.1 Å². The van der Waals surface area contributed by atoms with Gasteiger partial charge in [-0.15, -0.1) is 0 Å².